The fourth-order valence-electron chi connectivity index (χ4n) is 6.84. The van der Waals surface area contributed by atoms with Gasteiger partial charge in [0, 0.05) is 37.8 Å². The molecule has 3 heterocycles. The molecule has 1 saturated heterocycles. The first-order valence-electron chi connectivity index (χ1n) is 14.0. The number of nitrogens with zero attached hydrogens (tertiary/aromatic N) is 6. The maximum atomic E-state index is 13.6. The average molecular weight is 490 g/mol. The van der Waals surface area contributed by atoms with E-state index in [0.29, 0.717) is 6.04 Å². The average Bonchev–Trinajstić information content (AvgIpc) is 3.61. The summed E-state index contributed by atoms with van der Waals surface area (Å²) in [4.78, 5) is 22.0. The van der Waals surface area contributed by atoms with E-state index in [1.165, 1.54) is 50.5 Å². The van der Waals surface area contributed by atoms with Crippen LogP contribution in [0.2, 0.25) is 0 Å². The first kappa shape index (κ1) is 23.8. The van der Waals surface area contributed by atoms with Crippen LogP contribution in [0.4, 0.5) is 0 Å². The summed E-state index contributed by atoms with van der Waals surface area (Å²) in [6, 6.07) is 7.15. The zero-order chi connectivity index (χ0) is 24.6. The predicted octanol–water partition coefficient (Wildman–Crippen LogP) is 4.29. The van der Waals surface area contributed by atoms with E-state index in [1.807, 2.05) is 4.68 Å². The number of fused-ring (bicyclic) bond motifs is 1. The van der Waals surface area contributed by atoms with E-state index in [-0.39, 0.29) is 11.6 Å². The van der Waals surface area contributed by atoms with E-state index in [2.05, 4.69) is 62.4 Å². The van der Waals surface area contributed by atoms with Crippen molar-refractivity contribution in [2.45, 2.75) is 89.8 Å². The lowest BCUT2D eigenvalue weighted by Crippen LogP contribution is -2.52. The van der Waals surface area contributed by atoms with E-state index in [9.17, 15) is 4.79 Å². The molecular weight excluding hydrogens is 450 g/mol. The van der Waals surface area contributed by atoms with Crippen molar-refractivity contribution in [1.82, 2.24) is 35.0 Å². The second kappa shape index (κ2) is 10.1. The highest BCUT2D eigenvalue weighted by Gasteiger charge is 2.36. The quantitative estimate of drug-likeness (QED) is 0.576. The minimum Gasteiger partial charge on any atom is -0.321 e. The Bertz CT molecular complexity index is 1260. The van der Waals surface area contributed by atoms with Gasteiger partial charge in [0.1, 0.15) is 6.04 Å². The van der Waals surface area contributed by atoms with Gasteiger partial charge < -0.3 is 4.98 Å². The lowest BCUT2D eigenvalue weighted by atomic mass is 9.93. The Morgan fingerprint density at radius 3 is 2.36 bits per heavy atom. The summed E-state index contributed by atoms with van der Waals surface area (Å²) in [6.07, 6.45) is 11.4. The zero-order valence-corrected chi connectivity index (χ0v) is 21.7. The number of pyridine rings is 1. The van der Waals surface area contributed by atoms with Crippen LogP contribution in [0.1, 0.15) is 92.4 Å². The van der Waals surface area contributed by atoms with Crippen LogP contribution in [-0.2, 0) is 0 Å². The number of H-pyrrole nitrogens is 1. The molecular formula is C28H39N7O. The van der Waals surface area contributed by atoms with Crippen LogP contribution in [0.25, 0.3) is 10.9 Å². The normalized spacial score (nSPS) is 21.9. The smallest absolute Gasteiger partial charge is 0.253 e. The van der Waals surface area contributed by atoms with E-state index in [1.54, 1.807) is 0 Å². The summed E-state index contributed by atoms with van der Waals surface area (Å²) in [5.41, 5.74) is 3.97. The molecule has 0 spiro atoms. The van der Waals surface area contributed by atoms with E-state index >= 15 is 0 Å². The van der Waals surface area contributed by atoms with Gasteiger partial charge in [0.15, 0.2) is 5.82 Å². The van der Waals surface area contributed by atoms with Gasteiger partial charge in [-0.3, -0.25) is 14.6 Å². The number of tetrazole rings is 1. The highest BCUT2D eigenvalue weighted by atomic mass is 16.1. The van der Waals surface area contributed by atoms with Crippen molar-refractivity contribution in [3.63, 3.8) is 0 Å². The van der Waals surface area contributed by atoms with Crippen LogP contribution in [-0.4, -0.2) is 67.2 Å². The maximum absolute atomic E-state index is 13.6. The molecule has 1 aromatic carbocycles. The van der Waals surface area contributed by atoms with Gasteiger partial charge in [-0.25, -0.2) is 4.68 Å². The van der Waals surface area contributed by atoms with Crippen LogP contribution in [0.5, 0.6) is 0 Å². The molecule has 3 fully saturated rings. The fraction of sp³-hybridized carbons (Fsp3) is 0.643. The number of hydrogen-bond acceptors (Lipinski definition) is 6. The van der Waals surface area contributed by atoms with Gasteiger partial charge in [0.05, 0.1) is 11.6 Å². The molecule has 0 radical (unpaired) electrons. The molecule has 2 aliphatic carbocycles. The number of piperazine rings is 1. The standard InChI is InChI=1S/C28H39N7O/c1-19-12-13-21-18-24(28(36)29-25(21)20(19)2)26(27-30-31-32-35(27)23-10-6-7-11-23)34-16-14-33(15-17-34)22-8-4-3-5-9-22/h12-13,18,22-23,26H,3-11,14-17H2,1-2H3,(H,29,36). The van der Waals surface area contributed by atoms with Crippen LogP contribution < -0.4 is 5.56 Å². The van der Waals surface area contributed by atoms with Gasteiger partial charge in [0.25, 0.3) is 5.56 Å². The van der Waals surface area contributed by atoms with Gasteiger partial charge in [-0.05, 0) is 72.5 Å². The number of nitrogens with one attached hydrogen (secondary N) is 1. The second-order valence-electron chi connectivity index (χ2n) is 11.2. The van der Waals surface area contributed by atoms with Crippen LogP contribution in [0.3, 0.4) is 0 Å². The van der Waals surface area contributed by atoms with Crippen LogP contribution in [0, 0.1) is 13.8 Å². The molecule has 0 bridgehead atoms. The number of aryl methyl sites for hydroxylation is 2. The van der Waals surface area contributed by atoms with Gasteiger partial charge in [-0.1, -0.05) is 44.2 Å². The number of rotatable bonds is 5. The minimum atomic E-state index is -0.246. The summed E-state index contributed by atoms with van der Waals surface area (Å²) >= 11 is 0. The monoisotopic (exact) mass is 489 g/mol. The lowest BCUT2D eigenvalue weighted by molar-refractivity contribution is 0.0613. The van der Waals surface area contributed by atoms with Gasteiger partial charge in [0.2, 0.25) is 0 Å². The summed E-state index contributed by atoms with van der Waals surface area (Å²) in [7, 11) is 0. The Morgan fingerprint density at radius 1 is 0.917 bits per heavy atom. The van der Waals surface area contributed by atoms with Gasteiger partial charge in [-0.2, -0.15) is 0 Å². The third kappa shape index (κ3) is 4.39. The molecule has 1 atom stereocenters. The van der Waals surface area contributed by atoms with E-state index in [4.69, 9.17) is 0 Å². The highest BCUT2D eigenvalue weighted by molar-refractivity contribution is 5.83. The zero-order valence-electron chi connectivity index (χ0n) is 21.7. The Labute approximate surface area is 213 Å². The van der Waals surface area contributed by atoms with Crippen LogP contribution >= 0.6 is 0 Å². The molecule has 1 aliphatic heterocycles. The first-order chi connectivity index (χ1) is 17.6. The van der Waals surface area contributed by atoms with Crippen molar-refractivity contribution in [2.75, 3.05) is 26.2 Å². The van der Waals surface area contributed by atoms with Crippen molar-refractivity contribution in [3.05, 3.63) is 51.1 Å². The van der Waals surface area contributed by atoms with Crippen molar-refractivity contribution in [1.29, 1.82) is 0 Å². The lowest BCUT2D eigenvalue weighted by Gasteiger charge is -2.43. The summed E-state index contributed by atoms with van der Waals surface area (Å²) < 4.78 is 2.04. The Kier molecular flexibility index (Phi) is 6.65. The second-order valence-corrected chi connectivity index (χ2v) is 11.2. The number of benzene rings is 1. The summed E-state index contributed by atoms with van der Waals surface area (Å²) in [5, 5.41) is 14.2. The molecule has 6 rings (SSSR count). The first-order valence-corrected chi connectivity index (χ1v) is 14.0. The molecule has 36 heavy (non-hydrogen) atoms. The minimum absolute atomic E-state index is 0.0307. The summed E-state index contributed by atoms with van der Waals surface area (Å²) in [6.45, 7) is 8.08. The van der Waals surface area contributed by atoms with Crippen LogP contribution in [0.15, 0.2) is 23.0 Å². The van der Waals surface area contributed by atoms with Gasteiger partial charge >= 0.3 is 0 Å². The molecule has 2 saturated carbocycles. The Hall–Kier alpha value is -2.58. The Morgan fingerprint density at radius 2 is 1.61 bits per heavy atom. The molecule has 1 N–H and O–H groups in total. The third-order valence-corrected chi connectivity index (χ3v) is 9.11. The number of aromatic amines is 1. The van der Waals surface area contributed by atoms with Crippen molar-refractivity contribution in [3.8, 4) is 0 Å². The van der Waals surface area contributed by atoms with E-state index in [0.717, 1.165) is 72.9 Å². The fourth-order valence-corrected chi connectivity index (χ4v) is 6.84. The van der Waals surface area contributed by atoms with E-state index < -0.39 is 0 Å². The highest BCUT2D eigenvalue weighted by Crippen LogP contribution is 2.35. The van der Waals surface area contributed by atoms with Gasteiger partial charge in [-0.15, -0.1) is 5.10 Å². The largest absolute Gasteiger partial charge is 0.321 e. The SMILES string of the molecule is Cc1ccc2cc(C(c3nnnn3C3CCCC3)N3CCN(C4CCCCC4)CC3)c(=O)[nH]c2c1C. The Balaban J connectivity index is 1.38. The molecule has 2 aromatic heterocycles. The van der Waals surface area contributed by atoms with Crippen molar-refractivity contribution < 1.29 is 0 Å². The molecule has 1 unspecified atom stereocenters. The number of hydrogen-bond donors (Lipinski definition) is 1. The molecule has 192 valence electrons. The van der Waals surface area contributed by atoms with Crippen molar-refractivity contribution in [2.24, 2.45) is 0 Å². The summed E-state index contributed by atoms with van der Waals surface area (Å²) in [5.74, 6) is 0.821. The molecule has 8 heteroatoms. The molecule has 3 aromatic rings. The third-order valence-electron chi connectivity index (χ3n) is 9.11. The number of aromatic nitrogens is 5. The van der Waals surface area contributed by atoms with Crippen molar-refractivity contribution >= 4 is 10.9 Å². The molecule has 3 aliphatic rings. The maximum Gasteiger partial charge on any atom is 0.253 e. The predicted molar refractivity (Wildman–Crippen MR) is 141 cm³/mol. The molecule has 8 nitrogen and oxygen atoms in total. The topological polar surface area (TPSA) is 82.9 Å². The molecule has 0 amide bonds.